The number of rotatable bonds is 14. The normalized spacial score (nSPS) is 16.7. The van der Waals surface area contributed by atoms with Crippen molar-refractivity contribution in [1.29, 1.82) is 5.26 Å². The molecule has 0 N–H and O–H groups in total. The van der Waals surface area contributed by atoms with Crippen LogP contribution in [0.15, 0.2) is 84.5 Å². The van der Waals surface area contributed by atoms with Crippen LogP contribution in [-0.2, 0) is 20.7 Å². The maximum Gasteiger partial charge on any atom is 0.316 e. The Morgan fingerprint density at radius 3 is 2.27 bits per heavy atom. The lowest BCUT2D eigenvalue weighted by Gasteiger charge is -2.38. The zero-order valence-electron chi connectivity index (χ0n) is 25.3. The Bertz CT molecular complexity index is 1510. The first kappa shape index (κ1) is 33.1. The molecule has 1 aliphatic carbocycles. The first-order valence-corrected chi connectivity index (χ1v) is 15.3. The molecule has 8 heteroatoms. The van der Waals surface area contributed by atoms with Crippen molar-refractivity contribution >= 4 is 34.7 Å². The number of hydrogen-bond donors (Lipinski definition) is 0. The third-order valence-electron chi connectivity index (χ3n) is 7.81. The van der Waals surface area contributed by atoms with Gasteiger partial charge in [-0.2, -0.15) is 5.26 Å². The highest BCUT2D eigenvalue weighted by Crippen LogP contribution is 2.49. The summed E-state index contributed by atoms with van der Waals surface area (Å²) in [4.78, 5) is 13.5. The second kappa shape index (κ2) is 15.8. The number of carbonyl (C=O) groups is 1. The second-order valence-electron chi connectivity index (χ2n) is 10.8. The van der Waals surface area contributed by atoms with E-state index in [4.69, 9.17) is 42.1 Å². The summed E-state index contributed by atoms with van der Waals surface area (Å²) in [6.45, 7) is 3.02. The molecule has 230 valence electrons. The molecule has 0 saturated carbocycles. The summed E-state index contributed by atoms with van der Waals surface area (Å²) in [6.07, 6.45) is 6.11. The minimum atomic E-state index is -0.916. The fraction of sp³-hybridized carbons (Fsp3) is 0.333. The van der Waals surface area contributed by atoms with E-state index in [0.717, 1.165) is 27.8 Å². The zero-order chi connectivity index (χ0) is 31.5. The molecule has 0 saturated heterocycles. The predicted octanol–water partition coefficient (Wildman–Crippen LogP) is 8.44. The van der Waals surface area contributed by atoms with Gasteiger partial charge in [0.05, 0.1) is 34.6 Å². The van der Waals surface area contributed by atoms with Gasteiger partial charge < -0.3 is 18.9 Å². The van der Waals surface area contributed by atoms with Crippen LogP contribution < -0.4 is 9.47 Å². The Morgan fingerprint density at radius 1 is 0.955 bits per heavy atom. The second-order valence-corrected chi connectivity index (χ2v) is 11.6. The molecule has 44 heavy (non-hydrogen) atoms. The summed E-state index contributed by atoms with van der Waals surface area (Å²) in [6, 6.07) is 23.6. The number of benzene rings is 3. The van der Waals surface area contributed by atoms with Crippen molar-refractivity contribution < 1.29 is 23.7 Å². The number of methoxy groups -OCH3 is 2. The Hall–Kier alpha value is -3.76. The van der Waals surface area contributed by atoms with Gasteiger partial charge in [-0.1, -0.05) is 83.4 Å². The van der Waals surface area contributed by atoms with Crippen molar-refractivity contribution in [2.45, 2.75) is 32.6 Å². The number of allylic oxidation sites excluding steroid dienone is 3. The number of nitriles is 1. The van der Waals surface area contributed by atoms with Gasteiger partial charge in [0.1, 0.15) is 19.0 Å². The summed E-state index contributed by atoms with van der Waals surface area (Å²) < 4.78 is 22.3. The van der Waals surface area contributed by atoms with Crippen molar-refractivity contribution in [3.05, 3.63) is 111 Å². The average molecular weight is 635 g/mol. The zero-order valence-corrected chi connectivity index (χ0v) is 26.8. The van der Waals surface area contributed by atoms with Gasteiger partial charge in [-0.3, -0.25) is 4.79 Å². The van der Waals surface area contributed by atoms with Crippen LogP contribution in [0.3, 0.4) is 0 Å². The highest BCUT2D eigenvalue weighted by molar-refractivity contribution is 6.37. The van der Waals surface area contributed by atoms with Gasteiger partial charge in [0.15, 0.2) is 5.75 Å². The first-order chi connectivity index (χ1) is 21.3. The summed E-state index contributed by atoms with van der Waals surface area (Å²) in [5.74, 6) is 0.405. The van der Waals surface area contributed by atoms with Crippen molar-refractivity contribution in [2.24, 2.45) is 11.3 Å². The van der Waals surface area contributed by atoms with E-state index >= 15 is 0 Å². The smallest absolute Gasteiger partial charge is 0.316 e. The van der Waals surface area contributed by atoms with E-state index in [1.807, 2.05) is 73.7 Å². The minimum absolute atomic E-state index is 0.278. The fourth-order valence-electron chi connectivity index (χ4n) is 5.65. The number of aryl methyl sites for hydroxylation is 1. The molecule has 0 amide bonds. The summed E-state index contributed by atoms with van der Waals surface area (Å²) >= 11 is 12.5. The van der Waals surface area contributed by atoms with Crippen LogP contribution in [0.4, 0.5) is 0 Å². The number of carbonyl (C=O) groups excluding carboxylic acids is 1. The molecule has 0 aromatic heterocycles. The summed E-state index contributed by atoms with van der Waals surface area (Å²) in [7, 11) is 3.07. The lowest BCUT2D eigenvalue weighted by Crippen LogP contribution is -2.37. The van der Waals surface area contributed by atoms with E-state index in [-0.39, 0.29) is 12.6 Å². The third-order valence-corrected chi connectivity index (χ3v) is 8.37. The number of nitrogens with zero attached hydrogens (tertiary/aromatic N) is 1. The standard InChI is InChI=1S/C36H37Cl2NO5/c1-25-20-32(37)34(33(38)21-25)44-19-18-43-30-13-10-26(11-14-30)22-29(24-39)28-12-15-31(27-8-5-4-6-9-27)36(23-28,35(40)42-3)16-7-17-41-2/h4-6,8-15,20-21,29H,7,16-19,22-23H2,1-3H3. The number of halogens is 2. The van der Waals surface area contributed by atoms with Gasteiger partial charge in [0, 0.05) is 13.7 Å². The molecule has 0 aliphatic heterocycles. The molecule has 3 aromatic rings. The van der Waals surface area contributed by atoms with Crippen LogP contribution >= 0.6 is 23.2 Å². The Morgan fingerprint density at radius 2 is 1.64 bits per heavy atom. The van der Waals surface area contributed by atoms with Crippen LogP contribution in [0.5, 0.6) is 11.5 Å². The van der Waals surface area contributed by atoms with E-state index < -0.39 is 11.3 Å². The van der Waals surface area contributed by atoms with Gasteiger partial charge in [-0.15, -0.1) is 0 Å². The highest BCUT2D eigenvalue weighted by atomic mass is 35.5. The molecule has 0 heterocycles. The molecule has 1 aliphatic rings. The minimum Gasteiger partial charge on any atom is -0.490 e. The Kier molecular flexibility index (Phi) is 11.9. The van der Waals surface area contributed by atoms with Crippen LogP contribution in [0, 0.1) is 29.6 Å². The van der Waals surface area contributed by atoms with E-state index in [2.05, 4.69) is 6.07 Å². The quantitative estimate of drug-likeness (QED) is 0.131. The summed E-state index contributed by atoms with van der Waals surface area (Å²) in [5, 5.41) is 11.2. The molecular formula is C36H37Cl2NO5. The molecule has 2 unspecified atom stereocenters. The van der Waals surface area contributed by atoms with Gasteiger partial charge >= 0.3 is 5.97 Å². The lowest BCUT2D eigenvalue weighted by molar-refractivity contribution is -0.149. The monoisotopic (exact) mass is 633 g/mol. The molecule has 2 atom stereocenters. The first-order valence-electron chi connectivity index (χ1n) is 14.5. The molecule has 0 spiro atoms. The largest absolute Gasteiger partial charge is 0.490 e. The third kappa shape index (κ3) is 8.04. The average Bonchev–Trinajstić information content (AvgIpc) is 3.03. The fourth-order valence-corrected chi connectivity index (χ4v) is 6.35. The van der Waals surface area contributed by atoms with Crippen LogP contribution in [0.2, 0.25) is 10.0 Å². The van der Waals surface area contributed by atoms with Gasteiger partial charge in [-0.05, 0) is 79.1 Å². The maximum atomic E-state index is 13.5. The topological polar surface area (TPSA) is 77.8 Å². The molecule has 0 fully saturated rings. The molecule has 4 rings (SSSR count). The van der Waals surface area contributed by atoms with Gasteiger partial charge in [0.2, 0.25) is 0 Å². The molecule has 3 aromatic carbocycles. The van der Waals surface area contributed by atoms with Crippen LogP contribution in [0.1, 0.15) is 36.0 Å². The highest BCUT2D eigenvalue weighted by Gasteiger charge is 2.46. The maximum absolute atomic E-state index is 13.5. The number of esters is 1. The van der Waals surface area contributed by atoms with E-state index in [0.29, 0.717) is 60.4 Å². The summed E-state index contributed by atoms with van der Waals surface area (Å²) in [5.41, 5.74) is 3.80. The van der Waals surface area contributed by atoms with Crippen molar-refractivity contribution in [1.82, 2.24) is 0 Å². The van der Waals surface area contributed by atoms with E-state index in [1.54, 1.807) is 19.2 Å². The van der Waals surface area contributed by atoms with Crippen molar-refractivity contribution in [2.75, 3.05) is 34.0 Å². The lowest BCUT2D eigenvalue weighted by atomic mass is 9.65. The van der Waals surface area contributed by atoms with Gasteiger partial charge in [0.25, 0.3) is 0 Å². The van der Waals surface area contributed by atoms with Crippen LogP contribution in [-0.4, -0.2) is 40.0 Å². The molecule has 0 radical (unpaired) electrons. The molecule has 0 bridgehead atoms. The Balaban J connectivity index is 1.45. The SMILES string of the molecule is COCCCC1(C(=O)OC)CC(C(C#N)Cc2ccc(OCCOc3c(Cl)cc(C)cc3Cl)cc2)=CC=C1c1ccccc1. The predicted molar refractivity (Wildman–Crippen MR) is 174 cm³/mol. The molecule has 6 nitrogen and oxygen atoms in total. The van der Waals surface area contributed by atoms with Crippen molar-refractivity contribution in [3.63, 3.8) is 0 Å². The van der Waals surface area contributed by atoms with Crippen LogP contribution in [0.25, 0.3) is 5.57 Å². The molecular weight excluding hydrogens is 597 g/mol. The van der Waals surface area contributed by atoms with E-state index in [1.165, 1.54) is 7.11 Å². The van der Waals surface area contributed by atoms with E-state index in [9.17, 15) is 10.1 Å². The Labute approximate surface area is 269 Å². The van der Waals surface area contributed by atoms with Crippen molar-refractivity contribution in [3.8, 4) is 17.6 Å². The van der Waals surface area contributed by atoms with Gasteiger partial charge in [-0.25, -0.2) is 0 Å². The number of hydrogen-bond acceptors (Lipinski definition) is 6. The number of ether oxygens (including phenoxy) is 4.